The van der Waals surface area contributed by atoms with Gasteiger partial charge in [0.15, 0.2) is 11.5 Å². The maximum Gasteiger partial charge on any atom is 0.337 e. The Kier molecular flexibility index (Phi) is 4.52. The second-order valence-corrected chi connectivity index (χ2v) is 6.13. The van der Waals surface area contributed by atoms with Gasteiger partial charge >= 0.3 is 5.97 Å². The van der Waals surface area contributed by atoms with Gasteiger partial charge in [0, 0.05) is 24.5 Å². The highest BCUT2D eigenvalue weighted by Crippen LogP contribution is 2.25. The fraction of sp³-hybridized carbons (Fsp3) is 0.150. The minimum Gasteiger partial charge on any atom is -0.465 e. The number of carbonyl (C=O) groups is 1. The largest absolute Gasteiger partial charge is 0.465 e. The molecule has 0 spiro atoms. The molecule has 0 saturated heterocycles. The van der Waals surface area contributed by atoms with E-state index in [4.69, 9.17) is 4.74 Å². The number of fused-ring (bicyclic) bond motifs is 1. The van der Waals surface area contributed by atoms with E-state index in [1.165, 1.54) is 13.2 Å². The van der Waals surface area contributed by atoms with E-state index in [1.807, 2.05) is 0 Å². The van der Waals surface area contributed by atoms with Gasteiger partial charge in [-0.2, -0.15) is 0 Å². The fourth-order valence-corrected chi connectivity index (χ4v) is 3.01. The van der Waals surface area contributed by atoms with Crippen molar-refractivity contribution in [2.45, 2.75) is 13.3 Å². The number of nitrogens with zero attached hydrogens (tertiary/aromatic N) is 5. The first kappa shape index (κ1) is 17.7. The van der Waals surface area contributed by atoms with Gasteiger partial charge in [0.2, 0.25) is 5.95 Å². The van der Waals surface area contributed by atoms with Crippen molar-refractivity contribution < 1.29 is 13.9 Å². The minimum atomic E-state index is -0.396. The summed E-state index contributed by atoms with van der Waals surface area (Å²) >= 11 is 0. The molecule has 0 aromatic carbocycles. The molecule has 0 N–H and O–H groups in total. The Labute approximate surface area is 160 Å². The van der Waals surface area contributed by atoms with Crippen LogP contribution in [0.3, 0.4) is 0 Å². The van der Waals surface area contributed by atoms with Gasteiger partial charge in [-0.05, 0) is 37.3 Å². The van der Waals surface area contributed by atoms with Crippen LogP contribution in [0, 0.1) is 12.7 Å². The molecule has 3 heterocycles. The lowest BCUT2D eigenvalue weighted by Crippen LogP contribution is -2.07. The number of hydrogen-bond acceptors (Lipinski definition) is 6. The third kappa shape index (κ3) is 3.20. The van der Waals surface area contributed by atoms with Crippen LogP contribution in [0.4, 0.5) is 10.3 Å². The number of aliphatic imine (C=N–C) groups is 1. The lowest BCUT2D eigenvalue weighted by atomic mass is 10.1. The van der Waals surface area contributed by atoms with Crippen LogP contribution in [0.25, 0.3) is 17.0 Å². The molecule has 3 aromatic heterocycles. The molecular formula is C20H16FN5O2. The zero-order valence-corrected chi connectivity index (χ0v) is 15.3. The maximum absolute atomic E-state index is 14.0. The Hall–Kier alpha value is -3.68. The van der Waals surface area contributed by atoms with Crippen LogP contribution >= 0.6 is 0 Å². The predicted molar refractivity (Wildman–Crippen MR) is 102 cm³/mol. The number of rotatable bonds is 3. The van der Waals surface area contributed by atoms with Gasteiger partial charge in [0.05, 0.1) is 29.8 Å². The number of ether oxygens (including phenoxy) is 1. The van der Waals surface area contributed by atoms with Crippen molar-refractivity contribution in [3.05, 3.63) is 65.9 Å². The Morgan fingerprint density at radius 2 is 2.14 bits per heavy atom. The van der Waals surface area contributed by atoms with Crippen molar-refractivity contribution in [3.8, 4) is 11.4 Å². The number of hydrogen-bond donors (Lipinski definition) is 0. The van der Waals surface area contributed by atoms with Crippen molar-refractivity contribution in [2.24, 2.45) is 4.99 Å². The zero-order valence-electron chi connectivity index (χ0n) is 15.3. The van der Waals surface area contributed by atoms with Crippen LogP contribution in [0.2, 0.25) is 0 Å². The molecule has 0 unspecified atom stereocenters. The smallest absolute Gasteiger partial charge is 0.337 e. The van der Waals surface area contributed by atoms with Gasteiger partial charge in [-0.25, -0.2) is 29.1 Å². The molecule has 8 heteroatoms. The first-order valence-corrected chi connectivity index (χ1v) is 8.57. The fourth-order valence-electron chi connectivity index (χ4n) is 3.01. The molecule has 7 nitrogen and oxygen atoms in total. The second kappa shape index (κ2) is 7.15. The Morgan fingerprint density at radius 1 is 1.29 bits per heavy atom. The number of aromatic nitrogens is 4. The quantitative estimate of drug-likeness (QED) is 0.654. The highest BCUT2D eigenvalue weighted by molar-refractivity contribution is 6.03. The summed E-state index contributed by atoms with van der Waals surface area (Å²) in [7, 11) is 1.34. The highest BCUT2D eigenvalue weighted by Gasteiger charge is 2.16. The molecule has 28 heavy (non-hydrogen) atoms. The molecule has 4 rings (SSSR count). The van der Waals surface area contributed by atoms with Crippen LogP contribution in [-0.4, -0.2) is 38.1 Å². The van der Waals surface area contributed by atoms with E-state index in [9.17, 15) is 9.18 Å². The normalized spacial score (nSPS) is 15.1. The monoisotopic (exact) mass is 377 g/mol. The van der Waals surface area contributed by atoms with E-state index in [2.05, 4.69) is 19.9 Å². The number of methoxy groups -OCH3 is 1. The number of halogens is 1. The third-order valence-electron chi connectivity index (χ3n) is 4.31. The van der Waals surface area contributed by atoms with Crippen molar-refractivity contribution in [1.82, 2.24) is 19.4 Å². The van der Waals surface area contributed by atoms with E-state index in [0.717, 1.165) is 0 Å². The third-order valence-corrected chi connectivity index (χ3v) is 4.31. The summed E-state index contributed by atoms with van der Waals surface area (Å²) in [4.78, 5) is 29.0. The van der Waals surface area contributed by atoms with Crippen molar-refractivity contribution in [2.75, 3.05) is 7.11 Å². The molecule has 0 fully saturated rings. The maximum atomic E-state index is 14.0. The van der Waals surface area contributed by atoms with Crippen LogP contribution < -0.4 is 0 Å². The van der Waals surface area contributed by atoms with E-state index in [-0.39, 0.29) is 17.6 Å². The van der Waals surface area contributed by atoms with Crippen LogP contribution in [0.5, 0.6) is 0 Å². The Balaban J connectivity index is 1.68. The second-order valence-electron chi connectivity index (χ2n) is 6.13. The van der Waals surface area contributed by atoms with Gasteiger partial charge in [-0.1, -0.05) is 6.08 Å². The van der Waals surface area contributed by atoms with Crippen LogP contribution in [-0.2, 0) is 9.53 Å². The van der Waals surface area contributed by atoms with Gasteiger partial charge in [0.25, 0.3) is 0 Å². The van der Waals surface area contributed by atoms with Gasteiger partial charge < -0.3 is 4.74 Å². The number of imidazole rings is 1. The average molecular weight is 377 g/mol. The molecule has 0 saturated carbocycles. The number of aryl methyl sites for hydroxylation is 1. The summed E-state index contributed by atoms with van der Waals surface area (Å²) in [5.74, 6) is -0.506. The summed E-state index contributed by atoms with van der Waals surface area (Å²) in [6.07, 6.45) is 8.93. The molecule has 1 aliphatic carbocycles. The molecule has 0 aliphatic heterocycles. The van der Waals surface area contributed by atoms with Crippen LogP contribution in [0.15, 0.2) is 59.4 Å². The lowest BCUT2D eigenvalue weighted by Gasteiger charge is -2.07. The summed E-state index contributed by atoms with van der Waals surface area (Å²) in [6, 6.07) is 4.72. The Bertz CT molecular complexity index is 1180. The molecule has 1 aliphatic rings. The number of allylic oxidation sites excluding steroid dienone is 2. The molecule has 0 amide bonds. The van der Waals surface area contributed by atoms with E-state index >= 15 is 0 Å². The van der Waals surface area contributed by atoms with Crippen LogP contribution in [0.1, 0.15) is 12.1 Å². The lowest BCUT2D eigenvalue weighted by molar-refractivity contribution is -0.135. The molecule has 140 valence electrons. The number of pyridine rings is 1. The van der Waals surface area contributed by atoms with Crippen molar-refractivity contribution in [1.29, 1.82) is 0 Å². The number of esters is 1. The topological polar surface area (TPSA) is 81.7 Å². The molecule has 0 atom stereocenters. The first-order chi connectivity index (χ1) is 13.6. The standard InChI is InChI=1S/C20H16FN5O2/c1-12-17(26-11-3-4-15(21)18(26)23-12)16-9-10-22-20(25-16)24-14-7-5-13(6-8-14)19(27)28-2/h3-7,9-11H,8H2,1-2H3. The predicted octanol–water partition coefficient (Wildman–Crippen LogP) is 3.37. The SMILES string of the molecule is COC(=O)C1=CCC(=Nc2nccc(-c3c(C)nc4c(F)cccn34)n2)C=C1. The van der Waals surface area contributed by atoms with E-state index in [1.54, 1.807) is 54.1 Å². The number of carbonyl (C=O) groups excluding carboxylic acids is 1. The molecule has 3 aromatic rings. The molecule has 0 radical (unpaired) electrons. The highest BCUT2D eigenvalue weighted by atomic mass is 19.1. The van der Waals surface area contributed by atoms with E-state index < -0.39 is 5.82 Å². The van der Waals surface area contributed by atoms with Crippen molar-refractivity contribution in [3.63, 3.8) is 0 Å². The summed E-state index contributed by atoms with van der Waals surface area (Å²) in [6.45, 7) is 1.80. The summed E-state index contributed by atoms with van der Waals surface area (Å²) < 4.78 is 20.4. The van der Waals surface area contributed by atoms with Crippen molar-refractivity contribution >= 4 is 23.3 Å². The van der Waals surface area contributed by atoms with Gasteiger partial charge in [-0.15, -0.1) is 0 Å². The Morgan fingerprint density at radius 3 is 2.89 bits per heavy atom. The van der Waals surface area contributed by atoms with Gasteiger partial charge in [0.1, 0.15) is 0 Å². The minimum absolute atomic E-state index is 0.247. The zero-order chi connectivity index (χ0) is 19.7. The summed E-state index contributed by atoms with van der Waals surface area (Å²) in [5.41, 5.74) is 3.38. The molecule has 0 bridgehead atoms. The molecular weight excluding hydrogens is 361 g/mol. The summed E-state index contributed by atoms with van der Waals surface area (Å²) in [5, 5.41) is 0. The van der Waals surface area contributed by atoms with E-state index in [0.29, 0.717) is 34.8 Å². The average Bonchev–Trinajstić information content (AvgIpc) is 3.05. The first-order valence-electron chi connectivity index (χ1n) is 8.57. The van der Waals surface area contributed by atoms with Gasteiger partial charge in [-0.3, -0.25) is 4.40 Å².